The molecule has 1 atom stereocenters. The average Bonchev–Trinajstić information content (AvgIpc) is 2.96. The van der Waals surface area contributed by atoms with E-state index in [0.29, 0.717) is 11.5 Å². The number of thiocarbonyl (C=S) groups is 1. The van der Waals surface area contributed by atoms with Crippen LogP contribution in [0, 0.1) is 0 Å². The van der Waals surface area contributed by atoms with Crippen LogP contribution in [-0.2, 0) is 14.8 Å². The predicted molar refractivity (Wildman–Crippen MR) is 87.2 cm³/mol. The molecule has 0 spiro atoms. The predicted octanol–water partition coefficient (Wildman–Crippen LogP) is 0.381. The average molecular weight is 350 g/mol. The monoisotopic (exact) mass is 349 g/mol. The minimum Gasteiger partial charge on any atom is -0.389 e. The molecule has 1 fully saturated rings. The zero-order valence-corrected chi connectivity index (χ0v) is 14.2. The van der Waals surface area contributed by atoms with Crippen LogP contribution >= 0.6 is 23.6 Å². The zero-order chi connectivity index (χ0) is 15.5. The molecule has 0 aromatic carbocycles. The second kappa shape index (κ2) is 7.12. The summed E-state index contributed by atoms with van der Waals surface area (Å²) in [6.07, 6.45) is -0.122. The molecule has 1 saturated heterocycles. The third kappa shape index (κ3) is 4.44. The van der Waals surface area contributed by atoms with Gasteiger partial charge in [0.05, 0.1) is 17.6 Å². The molecule has 6 nitrogen and oxygen atoms in total. The third-order valence-corrected chi connectivity index (χ3v) is 6.64. The number of rotatable bonds is 6. The van der Waals surface area contributed by atoms with Crippen LogP contribution in [0.2, 0.25) is 0 Å². The molecule has 2 heterocycles. The van der Waals surface area contributed by atoms with E-state index in [2.05, 4.69) is 16.5 Å². The van der Waals surface area contributed by atoms with Gasteiger partial charge >= 0.3 is 0 Å². The highest BCUT2D eigenvalue weighted by Gasteiger charge is 2.23. The van der Waals surface area contributed by atoms with E-state index in [9.17, 15) is 8.42 Å². The minimum absolute atomic E-state index is 0.122. The van der Waals surface area contributed by atoms with Crippen LogP contribution in [0.25, 0.3) is 0 Å². The van der Waals surface area contributed by atoms with Gasteiger partial charge in [0.25, 0.3) is 0 Å². The van der Waals surface area contributed by atoms with Crippen LogP contribution in [0.3, 0.4) is 0 Å². The van der Waals surface area contributed by atoms with Gasteiger partial charge in [-0.2, -0.15) is 0 Å². The van der Waals surface area contributed by atoms with Crippen molar-refractivity contribution in [1.82, 2.24) is 9.62 Å². The third-order valence-electron chi connectivity index (χ3n) is 3.26. The molecule has 3 N–H and O–H groups in total. The number of nitrogens with zero attached hydrogens (tertiary/aromatic N) is 1. The Labute approximate surface area is 134 Å². The fourth-order valence-electron chi connectivity index (χ4n) is 2.06. The largest absolute Gasteiger partial charge is 0.389 e. The second-order valence-corrected chi connectivity index (χ2v) is 8.24. The van der Waals surface area contributed by atoms with Gasteiger partial charge in [-0.1, -0.05) is 19.1 Å². The lowest BCUT2D eigenvalue weighted by Crippen LogP contribution is -2.47. The first-order valence-corrected chi connectivity index (χ1v) is 9.36. The van der Waals surface area contributed by atoms with Crippen molar-refractivity contribution in [2.45, 2.75) is 17.2 Å². The maximum atomic E-state index is 12.2. The summed E-state index contributed by atoms with van der Waals surface area (Å²) in [7, 11) is -3.54. The van der Waals surface area contributed by atoms with Gasteiger partial charge < -0.3 is 10.5 Å². The van der Waals surface area contributed by atoms with Gasteiger partial charge in [0.2, 0.25) is 10.0 Å². The molecule has 0 bridgehead atoms. The van der Waals surface area contributed by atoms with Crippen molar-refractivity contribution in [3.05, 3.63) is 17.0 Å². The molecule has 9 heteroatoms. The second-order valence-electron chi connectivity index (χ2n) is 4.72. The summed E-state index contributed by atoms with van der Waals surface area (Å²) in [6, 6.07) is 3.14. The topological polar surface area (TPSA) is 84.7 Å². The Morgan fingerprint density at radius 1 is 1.62 bits per heavy atom. The van der Waals surface area contributed by atoms with Crippen molar-refractivity contribution in [2.75, 3.05) is 32.8 Å². The SMILES string of the molecule is CCN1CCOC(CNS(=O)(=O)c2ccc(C(N)=S)s2)C1. The van der Waals surface area contributed by atoms with Gasteiger partial charge in [-0.05, 0) is 18.7 Å². The first-order valence-electron chi connectivity index (χ1n) is 6.65. The lowest BCUT2D eigenvalue weighted by atomic mass is 10.3. The number of sulfonamides is 1. The fraction of sp³-hybridized carbons (Fsp3) is 0.583. The molecule has 0 saturated carbocycles. The molecular weight excluding hydrogens is 330 g/mol. The van der Waals surface area contributed by atoms with Gasteiger partial charge in [0.15, 0.2) is 0 Å². The number of nitrogens with two attached hydrogens (primary N) is 1. The van der Waals surface area contributed by atoms with E-state index in [1.165, 1.54) is 6.07 Å². The Morgan fingerprint density at radius 3 is 3.00 bits per heavy atom. The molecule has 1 aliphatic rings. The van der Waals surface area contributed by atoms with Crippen LogP contribution < -0.4 is 10.5 Å². The van der Waals surface area contributed by atoms with Gasteiger partial charge in [-0.25, -0.2) is 13.1 Å². The highest BCUT2D eigenvalue weighted by atomic mass is 32.2. The molecular formula is C12H19N3O3S3. The van der Waals surface area contributed by atoms with Crippen LogP contribution in [0.15, 0.2) is 16.3 Å². The van der Waals surface area contributed by atoms with Crippen molar-refractivity contribution in [3.63, 3.8) is 0 Å². The van der Waals surface area contributed by atoms with Crippen molar-refractivity contribution in [1.29, 1.82) is 0 Å². The van der Waals surface area contributed by atoms with E-state index in [0.717, 1.165) is 31.0 Å². The molecule has 0 amide bonds. The fourth-order valence-corrected chi connectivity index (χ4v) is 4.52. The molecule has 1 unspecified atom stereocenters. The standard InChI is InChI=1S/C12H19N3O3S3/c1-2-15-5-6-18-9(8-15)7-14-21(16,17)11-4-3-10(20-11)12(13)19/h3-4,9,14H,2,5-8H2,1H3,(H2,13,19). The van der Waals surface area contributed by atoms with Crippen LogP contribution in [-0.4, -0.2) is 57.2 Å². The van der Waals surface area contributed by atoms with Crippen molar-refractivity contribution in [3.8, 4) is 0 Å². The quantitative estimate of drug-likeness (QED) is 0.723. The maximum absolute atomic E-state index is 12.2. The number of nitrogens with one attached hydrogen (secondary N) is 1. The van der Waals surface area contributed by atoms with E-state index in [4.69, 9.17) is 22.7 Å². The summed E-state index contributed by atoms with van der Waals surface area (Å²) in [5.41, 5.74) is 5.49. The van der Waals surface area contributed by atoms with E-state index in [1.807, 2.05) is 0 Å². The number of morpholine rings is 1. The molecule has 2 rings (SSSR count). The first kappa shape index (κ1) is 16.8. The Kier molecular flexibility index (Phi) is 5.69. The van der Waals surface area contributed by atoms with Gasteiger partial charge in [0.1, 0.15) is 9.20 Å². The highest BCUT2D eigenvalue weighted by Crippen LogP contribution is 2.21. The Bertz CT molecular complexity index is 600. The molecule has 0 aliphatic carbocycles. The molecule has 0 radical (unpaired) electrons. The Morgan fingerprint density at radius 2 is 2.38 bits per heavy atom. The van der Waals surface area contributed by atoms with E-state index < -0.39 is 10.0 Å². The Balaban J connectivity index is 1.96. The Hall–Kier alpha value is -0.580. The number of ether oxygens (including phenoxy) is 1. The van der Waals surface area contributed by atoms with E-state index in [1.54, 1.807) is 6.07 Å². The van der Waals surface area contributed by atoms with Crippen molar-refractivity contribution in [2.24, 2.45) is 5.73 Å². The van der Waals surface area contributed by atoms with Crippen LogP contribution in [0.5, 0.6) is 0 Å². The number of thiophene rings is 1. The van der Waals surface area contributed by atoms with E-state index in [-0.39, 0.29) is 21.8 Å². The lowest BCUT2D eigenvalue weighted by Gasteiger charge is -2.32. The van der Waals surface area contributed by atoms with Gasteiger partial charge in [-0.3, -0.25) is 4.90 Å². The lowest BCUT2D eigenvalue weighted by molar-refractivity contribution is -0.0229. The normalized spacial score (nSPS) is 20.5. The van der Waals surface area contributed by atoms with Gasteiger partial charge in [0, 0.05) is 19.6 Å². The summed E-state index contributed by atoms with van der Waals surface area (Å²) in [4.78, 5) is 3.03. The molecule has 1 aromatic rings. The highest BCUT2D eigenvalue weighted by molar-refractivity contribution is 7.91. The number of hydrogen-bond donors (Lipinski definition) is 2. The van der Waals surface area contributed by atoms with E-state index >= 15 is 0 Å². The molecule has 1 aromatic heterocycles. The number of hydrogen-bond acceptors (Lipinski definition) is 6. The van der Waals surface area contributed by atoms with Crippen LogP contribution in [0.4, 0.5) is 0 Å². The number of likely N-dealkylation sites (N-methyl/N-ethyl adjacent to an activating group) is 1. The summed E-state index contributed by atoms with van der Waals surface area (Å²) in [6.45, 7) is 5.54. The zero-order valence-electron chi connectivity index (χ0n) is 11.7. The molecule has 21 heavy (non-hydrogen) atoms. The first-order chi connectivity index (χ1) is 9.92. The molecule has 118 valence electrons. The van der Waals surface area contributed by atoms with Crippen molar-refractivity contribution < 1.29 is 13.2 Å². The summed E-state index contributed by atoms with van der Waals surface area (Å²) < 4.78 is 32.8. The minimum atomic E-state index is -3.54. The van der Waals surface area contributed by atoms with Gasteiger partial charge in [-0.15, -0.1) is 11.3 Å². The summed E-state index contributed by atoms with van der Waals surface area (Å²) in [5, 5.41) is 0. The molecule has 1 aliphatic heterocycles. The smallest absolute Gasteiger partial charge is 0.250 e. The van der Waals surface area contributed by atoms with Crippen molar-refractivity contribution >= 4 is 38.6 Å². The van der Waals surface area contributed by atoms with Crippen LogP contribution in [0.1, 0.15) is 11.8 Å². The summed E-state index contributed by atoms with van der Waals surface area (Å²) in [5.74, 6) is 0. The summed E-state index contributed by atoms with van der Waals surface area (Å²) >= 11 is 5.91. The maximum Gasteiger partial charge on any atom is 0.250 e.